The lowest BCUT2D eigenvalue weighted by molar-refractivity contribution is 0.305. The fourth-order valence-electron chi connectivity index (χ4n) is 3.70. The molecule has 128 valence electrons. The number of halogens is 1. The Bertz CT molecular complexity index is 693. The highest BCUT2D eigenvalue weighted by Gasteiger charge is 2.44. The van der Waals surface area contributed by atoms with Gasteiger partial charge in [0, 0.05) is 31.5 Å². The van der Waals surface area contributed by atoms with Crippen LogP contribution in [0.4, 0.5) is 0 Å². The normalized spacial score (nSPS) is 24.8. The molecule has 7 heteroatoms. The summed E-state index contributed by atoms with van der Waals surface area (Å²) in [6.45, 7) is 7.17. The van der Waals surface area contributed by atoms with Crippen molar-refractivity contribution in [2.24, 2.45) is 11.8 Å². The number of hydrogen-bond acceptors (Lipinski definition) is 5. The van der Waals surface area contributed by atoms with E-state index in [9.17, 15) is 0 Å². The number of hydrogen-bond donors (Lipinski definition) is 1. The number of H-pyrrole nitrogens is 1. The van der Waals surface area contributed by atoms with Gasteiger partial charge in [0.2, 0.25) is 0 Å². The maximum absolute atomic E-state index is 5.83. The third kappa shape index (κ3) is 3.30. The molecule has 24 heavy (non-hydrogen) atoms. The fraction of sp³-hybridized carbons (Fsp3) is 0.647. The number of aromatic nitrogens is 5. The lowest BCUT2D eigenvalue weighted by Crippen LogP contribution is -2.21. The molecule has 4 rings (SSSR count). The van der Waals surface area contributed by atoms with Gasteiger partial charge in [0.1, 0.15) is 5.82 Å². The second-order valence-corrected chi connectivity index (χ2v) is 7.77. The first-order valence-electron chi connectivity index (χ1n) is 8.73. The Hall–Kier alpha value is -1.53. The van der Waals surface area contributed by atoms with Crippen molar-refractivity contribution in [1.29, 1.82) is 0 Å². The van der Waals surface area contributed by atoms with E-state index in [4.69, 9.17) is 16.6 Å². The van der Waals surface area contributed by atoms with Crippen LogP contribution in [-0.4, -0.2) is 43.4 Å². The van der Waals surface area contributed by atoms with Gasteiger partial charge in [-0.15, -0.1) is 5.10 Å². The van der Waals surface area contributed by atoms with Crippen LogP contribution in [0.3, 0.4) is 0 Å². The van der Waals surface area contributed by atoms with E-state index in [0.717, 1.165) is 42.9 Å². The van der Waals surface area contributed by atoms with E-state index >= 15 is 0 Å². The second kappa shape index (κ2) is 6.41. The van der Waals surface area contributed by atoms with E-state index in [1.165, 1.54) is 12.8 Å². The summed E-state index contributed by atoms with van der Waals surface area (Å²) in [5.74, 6) is 4.28. The summed E-state index contributed by atoms with van der Waals surface area (Å²) >= 11 is 5.83. The van der Waals surface area contributed by atoms with E-state index in [-0.39, 0.29) is 0 Å². The summed E-state index contributed by atoms with van der Waals surface area (Å²) in [5.41, 5.74) is 0.968. The Morgan fingerprint density at radius 1 is 1.25 bits per heavy atom. The van der Waals surface area contributed by atoms with Crippen molar-refractivity contribution in [2.75, 3.05) is 13.1 Å². The highest BCUT2D eigenvalue weighted by molar-refractivity contribution is 6.29. The van der Waals surface area contributed by atoms with Crippen molar-refractivity contribution >= 4 is 11.6 Å². The Labute approximate surface area is 147 Å². The van der Waals surface area contributed by atoms with E-state index in [1.54, 1.807) is 6.07 Å². The molecule has 2 fully saturated rings. The quantitative estimate of drug-likeness (QED) is 0.901. The zero-order valence-electron chi connectivity index (χ0n) is 14.1. The van der Waals surface area contributed by atoms with Crippen LogP contribution in [-0.2, 0) is 6.54 Å². The molecule has 1 aliphatic heterocycles. The van der Waals surface area contributed by atoms with Crippen molar-refractivity contribution in [3.05, 3.63) is 34.6 Å². The molecule has 0 aromatic carbocycles. The molecule has 2 aromatic rings. The summed E-state index contributed by atoms with van der Waals surface area (Å²) in [6, 6.07) is 3.77. The molecule has 2 aliphatic rings. The van der Waals surface area contributed by atoms with Gasteiger partial charge < -0.3 is 0 Å². The highest BCUT2D eigenvalue weighted by Crippen LogP contribution is 2.47. The molecule has 3 heterocycles. The first kappa shape index (κ1) is 16.0. The minimum atomic E-state index is 0.358. The third-order valence-electron chi connectivity index (χ3n) is 5.13. The van der Waals surface area contributed by atoms with Gasteiger partial charge in [0.15, 0.2) is 11.0 Å². The van der Waals surface area contributed by atoms with Crippen LogP contribution in [0.1, 0.15) is 55.9 Å². The molecule has 0 spiro atoms. The van der Waals surface area contributed by atoms with Gasteiger partial charge in [-0.05, 0) is 36.8 Å². The molecule has 0 unspecified atom stereocenters. The summed E-state index contributed by atoms with van der Waals surface area (Å²) in [5, 5.41) is 16.2. The molecular formula is C17H23ClN6. The van der Waals surface area contributed by atoms with Gasteiger partial charge in [-0.1, -0.05) is 25.4 Å². The van der Waals surface area contributed by atoms with Crippen molar-refractivity contribution in [3.63, 3.8) is 0 Å². The molecule has 1 saturated heterocycles. The first-order chi connectivity index (χ1) is 11.6. The van der Waals surface area contributed by atoms with Gasteiger partial charge >= 0.3 is 0 Å². The smallest absolute Gasteiger partial charge is 0.153 e. The van der Waals surface area contributed by atoms with Crippen molar-refractivity contribution in [3.8, 4) is 0 Å². The monoisotopic (exact) mass is 346 g/mol. The molecule has 0 amide bonds. The predicted octanol–water partition coefficient (Wildman–Crippen LogP) is 3.00. The number of rotatable bonds is 5. The maximum Gasteiger partial charge on any atom is 0.153 e. The standard InChI is InChI=1S/C17H23ClN6/c1-10(2)16-19-17(23-22-16)14-9-24(8-13(14)11-3-4-11)7-12-5-6-15(18)21-20-12/h5-6,10-11,13-14H,3-4,7-9H2,1-2H3,(H,19,22,23)/t13-,14+/m1/s1. The number of nitrogens with zero attached hydrogens (tertiary/aromatic N) is 5. The Balaban J connectivity index is 1.49. The average molecular weight is 347 g/mol. The lowest BCUT2D eigenvalue weighted by atomic mass is 9.91. The average Bonchev–Trinajstić information content (AvgIpc) is 3.13. The molecule has 6 nitrogen and oxygen atoms in total. The topological polar surface area (TPSA) is 70.6 Å². The van der Waals surface area contributed by atoms with E-state index < -0.39 is 0 Å². The largest absolute Gasteiger partial charge is 0.296 e. The minimum Gasteiger partial charge on any atom is -0.296 e. The molecule has 2 atom stereocenters. The SMILES string of the molecule is CC(C)c1n[nH]c([C@H]2CN(Cc3ccc(Cl)nn3)C[C@@H]2C2CC2)n1. The second-order valence-electron chi connectivity index (χ2n) is 7.38. The lowest BCUT2D eigenvalue weighted by Gasteiger charge is -2.14. The van der Waals surface area contributed by atoms with Crippen LogP contribution in [0, 0.1) is 11.8 Å². The van der Waals surface area contributed by atoms with Gasteiger partial charge in [-0.25, -0.2) is 4.98 Å². The minimum absolute atomic E-state index is 0.358. The van der Waals surface area contributed by atoms with Crippen molar-refractivity contribution < 1.29 is 0 Å². The van der Waals surface area contributed by atoms with Gasteiger partial charge in [-0.2, -0.15) is 10.2 Å². The molecule has 0 bridgehead atoms. The van der Waals surface area contributed by atoms with Crippen molar-refractivity contribution in [1.82, 2.24) is 30.3 Å². The molecule has 1 aliphatic carbocycles. The van der Waals surface area contributed by atoms with Gasteiger partial charge in [-0.3, -0.25) is 10.00 Å². The highest BCUT2D eigenvalue weighted by atomic mass is 35.5. The first-order valence-corrected chi connectivity index (χ1v) is 9.10. The molecular weight excluding hydrogens is 324 g/mol. The van der Waals surface area contributed by atoms with E-state index in [0.29, 0.717) is 22.9 Å². The molecule has 0 radical (unpaired) electrons. The summed E-state index contributed by atoms with van der Waals surface area (Å²) < 4.78 is 0. The van der Waals surface area contributed by atoms with E-state index in [2.05, 4.69) is 39.1 Å². The maximum atomic E-state index is 5.83. The third-order valence-corrected chi connectivity index (χ3v) is 5.33. The Morgan fingerprint density at radius 3 is 2.71 bits per heavy atom. The van der Waals surface area contributed by atoms with E-state index in [1.807, 2.05) is 6.07 Å². The van der Waals surface area contributed by atoms with Crippen LogP contribution in [0.15, 0.2) is 12.1 Å². The van der Waals surface area contributed by atoms with Gasteiger partial charge in [0.25, 0.3) is 0 Å². The molecule has 1 saturated carbocycles. The van der Waals surface area contributed by atoms with Crippen LogP contribution in [0.2, 0.25) is 5.15 Å². The van der Waals surface area contributed by atoms with Crippen molar-refractivity contribution in [2.45, 2.75) is 45.1 Å². The summed E-state index contributed by atoms with van der Waals surface area (Å²) in [6.07, 6.45) is 2.70. The number of nitrogens with one attached hydrogen (secondary N) is 1. The Morgan fingerprint density at radius 2 is 2.08 bits per heavy atom. The zero-order chi connectivity index (χ0) is 16.7. The number of aromatic amines is 1. The van der Waals surface area contributed by atoms with Crippen LogP contribution < -0.4 is 0 Å². The van der Waals surface area contributed by atoms with Crippen LogP contribution in [0.5, 0.6) is 0 Å². The zero-order valence-corrected chi connectivity index (χ0v) is 14.9. The van der Waals surface area contributed by atoms with Crippen LogP contribution in [0.25, 0.3) is 0 Å². The summed E-state index contributed by atoms with van der Waals surface area (Å²) in [4.78, 5) is 7.23. The predicted molar refractivity (Wildman–Crippen MR) is 91.7 cm³/mol. The van der Waals surface area contributed by atoms with Crippen LogP contribution >= 0.6 is 11.6 Å². The summed E-state index contributed by atoms with van der Waals surface area (Å²) in [7, 11) is 0. The molecule has 2 aromatic heterocycles. The fourth-order valence-corrected chi connectivity index (χ4v) is 3.80. The molecule has 1 N–H and O–H groups in total. The van der Waals surface area contributed by atoms with Gasteiger partial charge in [0.05, 0.1) is 5.69 Å². The number of likely N-dealkylation sites (tertiary alicyclic amines) is 1. The Kier molecular flexibility index (Phi) is 4.26.